The molecule has 0 atom stereocenters. The van der Waals surface area contributed by atoms with Crippen molar-refractivity contribution in [1.82, 2.24) is 0 Å². The van der Waals surface area contributed by atoms with Gasteiger partial charge >= 0.3 is 0 Å². The molecular formula is C16H16ClFN2S. The third-order valence-corrected chi connectivity index (χ3v) is 3.68. The number of benzene rings is 2. The van der Waals surface area contributed by atoms with Crippen LogP contribution in [-0.2, 0) is 6.54 Å². The van der Waals surface area contributed by atoms with Crippen LogP contribution in [0.2, 0.25) is 5.02 Å². The minimum Gasteiger partial charge on any atom is -0.389 e. The summed E-state index contributed by atoms with van der Waals surface area (Å²) in [6, 6.07) is 8.95. The van der Waals surface area contributed by atoms with E-state index in [-0.39, 0.29) is 5.82 Å². The largest absolute Gasteiger partial charge is 0.389 e. The lowest BCUT2D eigenvalue weighted by Crippen LogP contribution is -2.13. The van der Waals surface area contributed by atoms with Gasteiger partial charge in [0.05, 0.1) is 0 Å². The molecule has 2 aromatic carbocycles. The molecule has 21 heavy (non-hydrogen) atoms. The summed E-state index contributed by atoms with van der Waals surface area (Å²) in [6.07, 6.45) is 0. The van der Waals surface area contributed by atoms with Crippen LogP contribution < -0.4 is 11.1 Å². The molecule has 0 aliphatic heterocycles. The predicted molar refractivity (Wildman–Crippen MR) is 90.5 cm³/mol. The Balaban J connectivity index is 2.24. The van der Waals surface area contributed by atoms with Crippen LogP contribution >= 0.6 is 23.8 Å². The molecule has 110 valence electrons. The van der Waals surface area contributed by atoms with Crippen LogP contribution in [-0.4, -0.2) is 4.99 Å². The highest BCUT2D eigenvalue weighted by molar-refractivity contribution is 7.80. The van der Waals surface area contributed by atoms with Gasteiger partial charge in [0.15, 0.2) is 0 Å². The number of hydrogen-bond donors (Lipinski definition) is 2. The first-order chi connectivity index (χ1) is 9.88. The number of rotatable bonds is 4. The number of halogens is 2. The van der Waals surface area contributed by atoms with E-state index in [0.717, 1.165) is 16.8 Å². The maximum Gasteiger partial charge on any atom is 0.129 e. The lowest BCUT2D eigenvalue weighted by molar-refractivity contribution is 0.608. The number of anilines is 1. The van der Waals surface area contributed by atoms with Crippen molar-refractivity contribution >= 4 is 34.5 Å². The molecule has 0 aliphatic rings. The molecule has 0 saturated heterocycles. The Labute approximate surface area is 134 Å². The number of hydrogen-bond acceptors (Lipinski definition) is 2. The summed E-state index contributed by atoms with van der Waals surface area (Å²) < 4.78 is 13.6. The number of aryl methyl sites for hydroxylation is 2. The van der Waals surface area contributed by atoms with E-state index in [1.807, 2.05) is 12.1 Å². The van der Waals surface area contributed by atoms with Crippen LogP contribution in [0.3, 0.4) is 0 Å². The molecule has 0 fully saturated rings. The van der Waals surface area contributed by atoms with Crippen molar-refractivity contribution in [2.45, 2.75) is 20.4 Å². The SMILES string of the molecule is Cc1cc(CNc2cc(Cl)ccc2C(N)=S)cc(C)c1F. The Hall–Kier alpha value is -1.65. The first-order valence-electron chi connectivity index (χ1n) is 6.47. The van der Waals surface area contributed by atoms with Gasteiger partial charge in [0.1, 0.15) is 10.8 Å². The molecule has 2 rings (SSSR count). The fraction of sp³-hybridized carbons (Fsp3) is 0.188. The number of nitrogens with two attached hydrogens (primary N) is 1. The summed E-state index contributed by atoms with van der Waals surface area (Å²) in [7, 11) is 0. The molecule has 3 N–H and O–H groups in total. The zero-order chi connectivity index (χ0) is 15.6. The smallest absolute Gasteiger partial charge is 0.129 e. The van der Waals surface area contributed by atoms with Gasteiger partial charge in [-0.2, -0.15) is 0 Å². The molecule has 0 heterocycles. The fourth-order valence-electron chi connectivity index (χ4n) is 2.21. The number of thiocarbonyl (C=S) groups is 1. The van der Waals surface area contributed by atoms with E-state index in [1.165, 1.54) is 0 Å². The summed E-state index contributed by atoms with van der Waals surface area (Å²) in [4.78, 5) is 0.306. The van der Waals surface area contributed by atoms with Crippen LogP contribution in [0.4, 0.5) is 10.1 Å². The molecule has 0 radical (unpaired) electrons. The summed E-state index contributed by atoms with van der Waals surface area (Å²) in [5.41, 5.74) is 9.46. The van der Waals surface area contributed by atoms with Gasteiger partial charge in [-0.05, 0) is 48.7 Å². The second-order valence-corrected chi connectivity index (χ2v) is 5.83. The summed E-state index contributed by atoms with van der Waals surface area (Å²) in [5.74, 6) is -0.162. The predicted octanol–water partition coefficient (Wildman–Crippen LogP) is 4.34. The van der Waals surface area contributed by atoms with Crippen molar-refractivity contribution in [3.05, 3.63) is 63.4 Å². The Bertz CT molecular complexity index is 678. The van der Waals surface area contributed by atoms with Crippen LogP contribution in [0.25, 0.3) is 0 Å². The second kappa shape index (κ2) is 6.41. The van der Waals surface area contributed by atoms with Crippen molar-refractivity contribution in [3.63, 3.8) is 0 Å². The molecule has 5 heteroatoms. The molecule has 0 saturated carbocycles. The van der Waals surface area contributed by atoms with Crippen LogP contribution in [0.15, 0.2) is 30.3 Å². The van der Waals surface area contributed by atoms with Gasteiger partial charge in [0, 0.05) is 22.8 Å². The van der Waals surface area contributed by atoms with Gasteiger partial charge in [-0.3, -0.25) is 0 Å². The van der Waals surface area contributed by atoms with Gasteiger partial charge in [-0.25, -0.2) is 4.39 Å². The van der Waals surface area contributed by atoms with Crippen molar-refractivity contribution in [2.24, 2.45) is 5.73 Å². The first-order valence-corrected chi connectivity index (χ1v) is 7.26. The second-order valence-electron chi connectivity index (χ2n) is 4.95. The normalized spacial score (nSPS) is 10.5. The number of nitrogens with one attached hydrogen (secondary N) is 1. The topological polar surface area (TPSA) is 38.0 Å². The van der Waals surface area contributed by atoms with Crippen LogP contribution in [0.1, 0.15) is 22.3 Å². The zero-order valence-corrected chi connectivity index (χ0v) is 13.4. The molecule has 0 aliphatic carbocycles. The fourth-order valence-corrected chi connectivity index (χ4v) is 2.56. The Morgan fingerprint density at radius 1 is 1.24 bits per heavy atom. The van der Waals surface area contributed by atoms with E-state index < -0.39 is 0 Å². The molecule has 0 unspecified atom stereocenters. The van der Waals surface area contributed by atoms with E-state index >= 15 is 0 Å². The molecular weight excluding hydrogens is 307 g/mol. The third-order valence-electron chi connectivity index (χ3n) is 3.23. The lowest BCUT2D eigenvalue weighted by atomic mass is 10.1. The molecule has 0 spiro atoms. The van der Waals surface area contributed by atoms with Crippen molar-refractivity contribution in [2.75, 3.05) is 5.32 Å². The molecule has 0 aromatic heterocycles. The van der Waals surface area contributed by atoms with Gasteiger partial charge in [-0.1, -0.05) is 36.0 Å². The third kappa shape index (κ3) is 3.71. The maximum absolute atomic E-state index is 13.6. The molecule has 0 amide bonds. The Kier molecular flexibility index (Phi) is 4.80. The molecule has 0 bridgehead atoms. The van der Waals surface area contributed by atoms with E-state index in [0.29, 0.717) is 27.7 Å². The zero-order valence-electron chi connectivity index (χ0n) is 11.8. The highest BCUT2D eigenvalue weighted by atomic mass is 35.5. The Morgan fingerprint density at radius 2 is 1.86 bits per heavy atom. The van der Waals surface area contributed by atoms with E-state index in [9.17, 15) is 4.39 Å². The molecule has 2 nitrogen and oxygen atoms in total. The van der Waals surface area contributed by atoms with Gasteiger partial charge < -0.3 is 11.1 Å². The Morgan fingerprint density at radius 3 is 2.43 bits per heavy atom. The summed E-state index contributed by atoms with van der Waals surface area (Å²) in [6.45, 7) is 4.05. The quantitative estimate of drug-likeness (QED) is 0.822. The standard InChI is InChI=1S/C16H16ClFN2S/c1-9-5-11(6-10(2)15(9)18)8-20-14-7-12(17)3-4-13(14)16(19)21/h3-7,20H,8H2,1-2H3,(H2,19,21). The molecule has 2 aromatic rings. The van der Waals surface area contributed by atoms with Gasteiger partial charge in [0.25, 0.3) is 0 Å². The van der Waals surface area contributed by atoms with Crippen molar-refractivity contribution < 1.29 is 4.39 Å². The van der Waals surface area contributed by atoms with E-state index in [4.69, 9.17) is 29.6 Å². The highest BCUT2D eigenvalue weighted by Crippen LogP contribution is 2.22. The van der Waals surface area contributed by atoms with E-state index in [2.05, 4.69) is 5.32 Å². The van der Waals surface area contributed by atoms with Crippen LogP contribution in [0.5, 0.6) is 0 Å². The van der Waals surface area contributed by atoms with Crippen molar-refractivity contribution in [3.8, 4) is 0 Å². The van der Waals surface area contributed by atoms with Gasteiger partial charge in [0.2, 0.25) is 0 Å². The van der Waals surface area contributed by atoms with E-state index in [1.54, 1.807) is 32.0 Å². The maximum atomic E-state index is 13.6. The monoisotopic (exact) mass is 322 g/mol. The average molecular weight is 323 g/mol. The van der Waals surface area contributed by atoms with Crippen LogP contribution in [0, 0.1) is 19.7 Å². The minimum atomic E-state index is -0.162. The van der Waals surface area contributed by atoms with Crippen molar-refractivity contribution in [1.29, 1.82) is 0 Å². The average Bonchev–Trinajstić information content (AvgIpc) is 2.42. The van der Waals surface area contributed by atoms with Gasteiger partial charge in [-0.15, -0.1) is 0 Å². The first kappa shape index (κ1) is 15.7. The summed E-state index contributed by atoms with van der Waals surface area (Å²) in [5, 5.41) is 3.85. The minimum absolute atomic E-state index is 0.162. The summed E-state index contributed by atoms with van der Waals surface area (Å²) >= 11 is 11.0. The highest BCUT2D eigenvalue weighted by Gasteiger charge is 2.08. The lowest BCUT2D eigenvalue weighted by Gasteiger charge is -2.13.